The lowest BCUT2D eigenvalue weighted by molar-refractivity contribution is -0.136. The van der Waals surface area contributed by atoms with Gasteiger partial charge in [-0.1, -0.05) is 5.18 Å². The highest BCUT2D eigenvalue weighted by atomic mass is 32.2. The van der Waals surface area contributed by atoms with Crippen molar-refractivity contribution in [2.75, 3.05) is 0 Å². The maximum Gasteiger partial charge on any atom is 0.316 e. The van der Waals surface area contributed by atoms with Gasteiger partial charge in [0, 0.05) is 17.0 Å². The van der Waals surface area contributed by atoms with E-state index in [1.165, 1.54) is 18.0 Å². The third-order valence-corrected chi connectivity index (χ3v) is 3.88. The highest BCUT2D eigenvalue weighted by Crippen LogP contribution is 2.45. The van der Waals surface area contributed by atoms with Gasteiger partial charge in [-0.05, 0) is 6.42 Å². The van der Waals surface area contributed by atoms with E-state index in [1.54, 1.807) is 0 Å². The average molecular weight is 228 g/mol. The minimum atomic E-state index is -0.984. The lowest BCUT2D eigenvalue weighted by Crippen LogP contribution is -2.39. The molecule has 0 spiro atoms. The molecule has 0 aromatic rings. The number of fused-ring (bicyclic) bond motifs is 1. The summed E-state index contributed by atoms with van der Waals surface area (Å²) in [5.74, 6) is -1.74. The van der Waals surface area contributed by atoms with Crippen LogP contribution in [-0.4, -0.2) is 28.3 Å². The van der Waals surface area contributed by atoms with Crippen molar-refractivity contribution in [2.45, 2.75) is 17.7 Å². The van der Waals surface area contributed by atoms with E-state index < -0.39 is 23.2 Å². The molecular formula is C8H8N2O4S. The maximum atomic E-state index is 11.2. The molecule has 0 radical (unpaired) electrons. The van der Waals surface area contributed by atoms with Gasteiger partial charge in [0.15, 0.2) is 6.04 Å². The van der Waals surface area contributed by atoms with E-state index in [2.05, 4.69) is 10.5 Å². The minimum absolute atomic E-state index is 0.287. The Kier molecular flexibility index (Phi) is 2.47. The van der Waals surface area contributed by atoms with Gasteiger partial charge in [-0.25, -0.2) is 0 Å². The van der Waals surface area contributed by atoms with E-state index in [1.807, 2.05) is 0 Å². The first kappa shape index (κ1) is 10.2. The second kappa shape index (κ2) is 3.65. The van der Waals surface area contributed by atoms with E-state index in [9.17, 15) is 14.5 Å². The van der Waals surface area contributed by atoms with Gasteiger partial charge in [0.1, 0.15) is 5.25 Å². The van der Waals surface area contributed by atoms with Gasteiger partial charge in [0.05, 0.1) is 0 Å². The molecule has 15 heavy (non-hydrogen) atoms. The molecule has 3 unspecified atom stereocenters. The van der Waals surface area contributed by atoms with Crippen molar-refractivity contribution in [1.82, 2.24) is 5.32 Å². The smallest absolute Gasteiger partial charge is 0.316 e. The summed E-state index contributed by atoms with van der Waals surface area (Å²) in [6.45, 7) is 0. The number of nitroso groups, excluding NO2 is 1. The van der Waals surface area contributed by atoms with Gasteiger partial charge in [-0.15, -0.1) is 16.7 Å². The van der Waals surface area contributed by atoms with Crippen LogP contribution >= 0.6 is 11.8 Å². The molecule has 0 aromatic carbocycles. The van der Waals surface area contributed by atoms with Gasteiger partial charge in [-0.2, -0.15) is 0 Å². The molecule has 6 nitrogen and oxygen atoms in total. The van der Waals surface area contributed by atoms with Gasteiger partial charge >= 0.3 is 5.97 Å². The number of nitrogens with one attached hydrogen (secondary N) is 1. The van der Waals surface area contributed by atoms with Crippen molar-refractivity contribution in [3.63, 3.8) is 0 Å². The fourth-order valence-electron chi connectivity index (χ4n) is 1.76. The number of thioether (sulfide) groups is 1. The normalized spacial score (nSPS) is 34.0. The lowest BCUT2D eigenvalue weighted by atomic mass is 9.92. The SMILES string of the molecule is O=NC1C(=O)NC=C2SC(C(=O)O)CC21. The van der Waals surface area contributed by atoms with Crippen LogP contribution < -0.4 is 5.32 Å². The van der Waals surface area contributed by atoms with Crippen molar-refractivity contribution in [3.05, 3.63) is 16.0 Å². The molecule has 1 fully saturated rings. The summed E-state index contributed by atoms with van der Waals surface area (Å²) < 4.78 is 0. The van der Waals surface area contributed by atoms with Crippen molar-refractivity contribution in [1.29, 1.82) is 0 Å². The highest BCUT2D eigenvalue weighted by Gasteiger charge is 2.44. The van der Waals surface area contributed by atoms with Crippen LogP contribution in [0.2, 0.25) is 0 Å². The van der Waals surface area contributed by atoms with E-state index >= 15 is 0 Å². The van der Waals surface area contributed by atoms with Crippen molar-refractivity contribution in [3.8, 4) is 0 Å². The Bertz CT molecular complexity index is 368. The Labute approximate surface area is 89.1 Å². The number of aliphatic carboxylic acids is 1. The first-order valence-electron chi connectivity index (χ1n) is 4.36. The molecule has 0 aliphatic carbocycles. The number of amides is 1. The van der Waals surface area contributed by atoms with Gasteiger partial charge in [-0.3, -0.25) is 9.59 Å². The van der Waals surface area contributed by atoms with Crippen LogP contribution in [-0.2, 0) is 9.59 Å². The van der Waals surface area contributed by atoms with Crippen LogP contribution in [0.4, 0.5) is 0 Å². The maximum absolute atomic E-state index is 11.2. The van der Waals surface area contributed by atoms with Gasteiger partial charge in [0.25, 0.3) is 5.91 Å². The summed E-state index contributed by atoms with van der Waals surface area (Å²) in [5.41, 5.74) is 0. The number of nitrogens with zero attached hydrogens (tertiary/aromatic N) is 1. The lowest BCUT2D eigenvalue weighted by Gasteiger charge is -2.20. The Morgan fingerprint density at radius 3 is 3.00 bits per heavy atom. The van der Waals surface area contributed by atoms with Crippen LogP contribution in [0.5, 0.6) is 0 Å². The number of hydrogen-bond donors (Lipinski definition) is 2. The molecule has 2 aliphatic rings. The number of carboxylic acid groups (broad SMARTS) is 1. The molecular weight excluding hydrogens is 220 g/mol. The highest BCUT2D eigenvalue weighted by molar-refractivity contribution is 8.04. The number of rotatable bonds is 2. The molecule has 2 rings (SSSR count). The summed E-state index contributed by atoms with van der Waals surface area (Å²) in [4.78, 5) is 33.2. The fraction of sp³-hybridized carbons (Fsp3) is 0.500. The first-order valence-corrected chi connectivity index (χ1v) is 5.24. The molecule has 2 aliphatic heterocycles. The van der Waals surface area contributed by atoms with Crippen LogP contribution in [0.1, 0.15) is 6.42 Å². The molecule has 0 bridgehead atoms. The van der Waals surface area contributed by atoms with Gasteiger partial charge in [0.2, 0.25) is 0 Å². The zero-order chi connectivity index (χ0) is 11.0. The monoisotopic (exact) mass is 228 g/mol. The Morgan fingerprint density at radius 2 is 2.40 bits per heavy atom. The molecule has 2 N–H and O–H groups in total. The first-order chi connectivity index (χ1) is 7.13. The predicted molar refractivity (Wildman–Crippen MR) is 52.9 cm³/mol. The van der Waals surface area contributed by atoms with Crippen molar-refractivity contribution in [2.24, 2.45) is 11.1 Å². The fourth-order valence-corrected chi connectivity index (χ4v) is 3.01. The molecule has 0 aromatic heterocycles. The number of carbonyl (C=O) groups is 2. The zero-order valence-corrected chi connectivity index (χ0v) is 8.36. The van der Waals surface area contributed by atoms with Crippen molar-refractivity contribution < 1.29 is 14.7 Å². The molecule has 3 atom stereocenters. The second-order valence-electron chi connectivity index (χ2n) is 3.39. The summed E-state index contributed by atoms with van der Waals surface area (Å²) in [6.07, 6.45) is 1.76. The molecule has 1 amide bonds. The summed E-state index contributed by atoms with van der Waals surface area (Å²) in [5, 5.41) is 13.4. The van der Waals surface area contributed by atoms with Crippen LogP contribution in [0.3, 0.4) is 0 Å². The largest absolute Gasteiger partial charge is 0.480 e. The predicted octanol–water partition coefficient (Wildman–Crippen LogP) is 0.299. The third kappa shape index (κ3) is 1.63. The number of hydrogen-bond acceptors (Lipinski definition) is 5. The Hall–Kier alpha value is -1.37. The summed E-state index contributed by atoms with van der Waals surface area (Å²) in [7, 11) is 0. The van der Waals surface area contributed by atoms with Crippen LogP contribution in [0, 0.1) is 10.8 Å². The molecule has 0 saturated carbocycles. The van der Waals surface area contributed by atoms with E-state index in [-0.39, 0.29) is 12.3 Å². The average Bonchev–Trinajstić information content (AvgIpc) is 2.61. The summed E-state index contributed by atoms with van der Waals surface area (Å²) in [6, 6.07) is -0.984. The van der Waals surface area contributed by atoms with Crippen molar-refractivity contribution >= 4 is 23.6 Å². The van der Waals surface area contributed by atoms with Gasteiger partial charge < -0.3 is 10.4 Å². The zero-order valence-electron chi connectivity index (χ0n) is 7.54. The van der Waals surface area contributed by atoms with Crippen LogP contribution in [0.15, 0.2) is 16.3 Å². The minimum Gasteiger partial charge on any atom is -0.480 e. The topological polar surface area (TPSA) is 95.8 Å². The Balaban J connectivity index is 2.23. The molecule has 7 heteroatoms. The number of carboxylic acids is 1. The molecule has 80 valence electrons. The van der Waals surface area contributed by atoms with E-state index in [4.69, 9.17) is 5.11 Å². The Morgan fingerprint density at radius 1 is 1.67 bits per heavy atom. The van der Waals surface area contributed by atoms with E-state index in [0.29, 0.717) is 0 Å². The molecule has 1 saturated heterocycles. The second-order valence-corrected chi connectivity index (χ2v) is 4.67. The summed E-state index contributed by atoms with van der Waals surface area (Å²) >= 11 is 1.17. The van der Waals surface area contributed by atoms with Crippen LogP contribution in [0.25, 0.3) is 0 Å². The molecule has 2 heterocycles. The quantitative estimate of drug-likeness (QED) is 0.662. The number of carbonyl (C=O) groups excluding carboxylic acids is 1. The standard InChI is InChI=1S/C8H8N2O4S/c11-7-6(10-14)3-1-4(8(12)13)15-5(3)2-9-7/h2-4,6H,1H2,(H,9,11)(H,12,13). The third-order valence-electron chi connectivity index (χ3n) is 2.51. The van der Waals surface area contributed by atoms with E-state index in [0.717, 1.165) is 4.91 Å².